The fourth-order valence-electron chi connectivity index (χ4n) is 5.20. The molecule has 5 heterocycles. The second-order valence-corrected chi connectivity index (χ2v) is 8.83. The number of pyridine rings is 3. The zero-order valence-corrected chi connectivity index (χ0v) is 19.7. The molecule has 38 heavy (non-hydrogen) atoms. The van der Waals surface area contributed by atoms with Gasteiger partial charge in [0.1, 0.15) is 46.3 Å². The van der Waals surface area contributed by atoms with Gasteiger partial charge >= 0.3 is 0 Å². The van der Waals surface area contributed by atoms with Crippen molar-refractivity contribution in [3.8, 4) is 17.8 Å². The molecule has 7 rings (SSSR count). The number of hydrogen-bond acceptors (Lipinski definition) is 4. The first-order chi connectivity index (χ1) is 18.7. The van der Waals surface area contributed by atoms with Crippen molar-refractivity contribution in [1.29, 1.82) is 10.5 Å². The van der Waals surface area contributed by atoms with Crippen LogP contribution in [0.1, 0.15) is 11.3 Å². The van der Waals surface area contributed by atoms with Gasteiger partial charge in [-0.1, -0.05) is 47.6 Å². The van der Waals surface area contributed by atoms with Gasteiger partial charge in [-0.15, -0.1) is 9.66 Å². The van der Waals surface area contributed by atoms with Crippen LogP contribution >= 0.6 is 0 Å². The summed E-state index contributed by atoms with van der Waals surface area (Å²) in [5.41, 5.74) is 5.07. The van der Waals surface area contributed by atoms with E-state index in [-0.39, 0.29) is 0 Å². The van der Waals surface area contributed by atoms with Crippen molar-refractivity contribution in [3.05, 3.63) is 114 Å². The molecule has 0 aliphatic carbocycles. The highest BCUT2D eigenvalue weighted by molar-refractivity contribution is 6.10. The van der Waals surface area contributed by atoms with E-state index in [1.807, 2.05) is 70.1 Å². The maximum Gasteiger partial charge on any atom is 0.270 e. The largest absolute Gasteiger partial charge is 0.361 e. The molecule has 174 valence electrons. The maximum atomic E-state index is 10.00. The van der Waals surface area contributed by atoms with Crippen LogP contribution in [-0.2, 0) is 0 Å². The monoisotopic (exact) mass is 487 g/mol. The van der Waals surface area contributed by atoms with Gasteiger partial charge in [-0.05, 0) is 30.3 Å². The Labute approximate surface area is 215 Å². The van der Waals surface area contributed by atoms with Gasteiger partial charge < -0.3 is 9.41 Å². The lowest BCUT2D eigenvalue weighted by atomic mass is 10.2. The molecule has 8 nitrogen and oxygen atoms in total. The number of nitriles is 2. The van der Waals surface area contributed by atoms with Crippen LogP contribution in [0.4, 0.5) is 5.82 Å². The maximum absolute atomic E-state index is 10.00. The summed E-state index contributed by atoms with van der Waals surface area (Å²) in [6.07, 6.45) is 7.13. The summed E-state index contributed by atoms with van der Waals surface area (Å²) in [5, 5.41) is 23.2. The van der Waals surface area contributed by atoms with Crippen molar-refractivity contribution in [2.45, 2.75) is 0 Å². The Morgan fingerprint density at radius 1 is 0.737 bits per heavy atom. The summed E-state index contributed by atoms with van der Waals surface area (Å²) < 4.78 is 5.93. The van der Waals surface area contributed by atoms with Crippen molar-refractivity contribution in [2.24, 2.45) is 0 Å². The first-order valence-electron chi connectivity index (χ1n) is 11.7. The Balaban J connectivity index is 1.58. The van der Waals surface area contributed by atoms with Crippen molar-refractivity contribution in [1.82, 2.24) is 19.2 Å². The molecule has 0 N–H and O–H groups in total. The van der Waals surface area contributed by atoms with E-state index in [0.717, 1.165) is 49.3 Å². The number of aromatic nitrogens is 5. The Hall–Kier alpha value is -6.04. The highest BCUT2D eigenvalue weighted by Crippen LogP contribution is 2.33. The van der Waals surface area contributed by atoms with Gasteiger partial charge in [-0.25, -0.2) is 4.98 Å². The van der Waals surface area contributed by atoms with Gasteiger partial charge in [0.2, 0.25) is 12.4 Å². The van der Waals surface area contributed by atoms with Crippen LogP contribution in [0.2, 0.25) is 0 Å². The van der Waals surface area contributed by atoms with Crippen LogP contribution in [0, 0.1) is 29.2 Å². The van der Waals surface area contributed by atoms with Gasteiger partial charge in [-0.2, -0.15) is 10.5 Å². The average molecular weight is 488 g/mol. The first-order valence-corrected chi connectivity index (χ1v) is 11.7. The first kappa shape index (κ1) is 21.3. The molecule has 0 spiro atoms. The number of hydrogen-bond donors (Lipinski definition) is 0. The minimum Gasteiger partial charge on any atom is -0.361 e. The summed E-state index contributed by atoms with van der Waals surface area (Å²) in [7, 11) is 0. The minimum absolute atomic E-state index is 0.329. The highest BCUT2D eigenvalue weighted by Gasteiger charge is 2.22. The normalized spacial score (nSPS) is 11.1. The van der Waals surface area contributed by atoms with E-state index in [9.17, 15) is 10.5 Å². The fraction of sp³-hybridized carbons (Fsp3) is 0. The number of para-hydroxylation sites is 2. The van der Waals surface area contributed by atoms with Crippen molar-refractivity contribution in [3.63, 3.8) is 0 Å². The molecular formula is C30H15N8+. The third-order valence-electron chi connectivity index (χ3n) is 6.76. The highest BCUT2D eigenvalue weighted by atomic mass is 15.5. The minimum atomic E-state index is 0.329. The fourth-order valence-corrected chi connectivity index (χ4v) is 5.20. The third kappa shape index (κ3) is 2.97. The van der Waals surface area contributed by atoms with Gasteiger partial charge in [0.25, 0.3) is 5.82 Å². The molecule has 0 amide bonds. The van der Waals surface area contributed by atoms with Crippen LogP contribution < -0.4 is 4.68 Å². The van der Waals surface area contributed by atoms with Crippen LogP contribution in [0.5, 0.6) is 0 Å². The zero-order valence-electron chi connectivity index (χ0n) is 19.7. The molecule has 0 bridgehead atoms. The molecule has 0 radical (unpaired) electrons. The molecule has 0 unspecified atom stereocenters. The lowest BCUT2D eigenvalue weighted by molar-refractivity contribution is -0.720. The molecule has 0 saturated carbocycles. The van der Waals surface area contributed by atoms with E-state index in [2.05, 4.69) is 31.5 Å². The van der Waals surface area contributed by atoms with E-state index in [1.165, 1.54) is 0 Å². The number of nitrogens with zero attached hydrogens (tertiary/aromatic N) is 8. The molecule has 2 aromatic carbocycles. The van der Waals surface area contributed by atoms with Crippen molar-refractivity contribution in [2.75, 3.05) is 0 Å². The second kappa shape index (κ2) is 7.99. The van der Waals surface area contributed by atoms with Crippen molar-refractivity contribution < 1.29 is 4.68 Å². The Morgan fingerprint density at radius 2 is 1.45 bits per heavy atom. The lowest BCUT2D eigenvalue weighted by Crippen LogP contribution is -2.41. The molecule has 0 fully saturated rings. The number of benzene rings is 2. The van der Waals surface area contributed by atoms with E-state index in [0.29, 0.717) is 17.1 Å². The van der Waals surface area contributed by atoms with Crippen LogP contribution in [0.25, 0.3) is 54.1 Å². The molecule has 7 aromatic rings. The summed E-state index contributed by atoms with van der Waals surface area (Å²) >= 11 is 0. The summed E-state index contributed by atoms with van der Waals surface area (Å²) in [5.74, 6) is 0.329. The SMILES string of the molecule is [C-]#[N+]c1cc2c3ccccc3n(-c3cc(C#N)c[n+](-n4c5ccccc5c5cc(C#N)ncc54)c3)c2cn1. The molecule has 0 atom stereocenters. The lowest BCUT2D eigenvalue weighted by Gasteiger charge is -2.08. The van der Waals surface area contributed by atoms with Gasteiger partial charge in [-0.3, -0.25) is 0 Å². The number of rotatable bonds is 2. The van der Waals surface area contributed by atoms with Crippen LogP contribution in [0.15, 0.2) is 91.5 Å². The van der Waals surface area contributed by atoms with Crippen molar-refractivity contribution >= 4 is 49.4 Å². The van der Waals surface area contributed by atoms with Gasteiger partial charge in [0.15, 0.2) is 0 Å². The average Bonchev–Trinajstić information content (AvgIpc) is 3.49. The Morgan fingerprint density at radius 3 is 2.21 bits per heavy atom. The molecular weight excluding hydrogens is 472 g/mol. The molecule has 0 saturated heterocycles. The predicted octanol–water partition coefficient (Wildman–Crippen LogP) is 5.57. The van der Waals surface area contributed by atoms with Gasteiger partial charge in [0, 0.05) is 21.5 Å². The van der Waals surface area contributed by atoms with E-state index in [1.54, 1.807) is 30.7 Å². The quantitative estimate of drug-likeness (QED) is 0.235. The third-order valence-corrected chi connectivity index (χ3v) is 6.76. The molecule has 0 aliphatic rings. The molecule has 0 aliphatic heterocycles. The second-order valence-electron chi connectivity index (χ2n) is 8.83. The van der Waals surface area contributed by atoms with E-state index < -0.39 is 0 Å². The summed E-state index contributed by atoms with van der Waals surface area (Å²) in [6, 6.07) is 25.8. The smallest absolute Gasteiger partial charge is 0.270 e. The molecule has 8 heteroatoms. The summed E-state index contributed by atoms with van der Waals surface area (Å²) in [4.78, 5) is 12.2. The Bertz CT molecular complexity index is 2080. The van der Waals surface area contributed by atoms with Gasteiger partial charge in [0.05, 0.1) is 17.2 Å². The number of fused-ring (bicyclic) bond motifs is 6. The zero-order chi connectivity index (χ0) is 25.8. The van der Waals surface area contributed by atoms with Crippen LogP contribution in [-0.4, -0.2) is 19.2 Å². The standard InChI is InChI=1S/C30H15N8/c1-33-30-12-25-22-6-2-4-8-26(22)37(28(25)15-35-30)21-10-19(13-31)17-36(18-21)38-27-9-5-3-7-23(27)24-11-20(14-32)34-16-29(24)38/h2-12,15-18H/q+1. The van der Waals surface area contributed by atoms with Crippen LogP contribution in [0.3, 0.4) is 0 Å². The Kier molecular flexibility index (Phi) is 4.47. The molecule has 5 aromatic heterocycles. The van der Waals surface area contributed by atoms with E-state index >= 15 is 0 Å². The predicted molar refractivity (Wildman–Crippen MR) is 142 cm³/mol. The summed E-state index contributed by atoms with van der Waals surface area (Å²) in [6.45, 7) is 7.41. The van der Waals surface area contributed by atoms with E-state index in [4.69, 9.17) is 6.57 Å². The topological polar surface area (TPSA) is 91.5 Å².